The molecule has 0 fully saturated rings. The first-order valence-corrected chi connectivity index (χ1v) is 12.8. The number of carbonyl (C=O) groups is 2. The van der Waals surface area contributed by atoms with E-state index < -0.39 is 11.7 Å². The molecule has 0 spiro atoms. The lowest BCUT2D eigenvalue weighted by Crippen LogP contribution is -2.48. The Morgan fingerprint density at radius 1 is 0.974 bits per heavy atom. The van der Waals surface area contributed by atoms with E-state index in [2.05, 4.69) is 10.2 Å². The molecular weight excluding hydrogens is 491 g/mol. The largest absolute Gasteiger partial charge is 0.416 e. The van der Waals surface area contributed by atoms with Gasteiger partial charge in [0.2, 0.25) is 5.91 Å². The van der Waals surface area contributed by atoms with Crippen molar-refractivity contribution in [3.05, 3.63) is 89.0 Å². The molecule has 0 radical (unpaired) electrons. The van der Waals surface area contributed by atoms with Gasteiger partial charge in [-0.15, -0.1) is 0 Å². The smallest absolute Gasteiger partial charge is 0.342 e. The maximum Gasteiger partial charge on any atom is 0.416 e. The van der Waals surface area contributed by atoms with Crippen molar-refractivity contribution in [1.82, 2.24) is 9.80 Å². The highest BCUT2D eigenvalue weighted by atomic mass is 19.4. The van der Waals surface area contributed by atoms with Gasteiger partial charge in [-0.2, -0.15) is 13.2 Å². The maximum absolute atomic E-state index is 13.2. The summed E-state index contributed by atoms with van der Waals surface area (Å²) in [7, 11) is 0. The van der Waals surface area contributed by atoms with Crippen LogP contribution in [0.15, 0.2) is 66.7 Å². The molecule has 1 heterocycles. The Balaban J connectivity index is 1.48. The van der Waals surface area contributed by atoms with Crippen LogP contribution in [0.4, 0.5) is 18.9 Å². The van der Waals surface area contributed by atoms with E-state index in [1.165, 1.54) is 12.1 Å². The normalized spacial score (nSPS) is 14.5. The minimum atomic E-state index is -4.42. The summed E-state index contributed by atoms with van der Waals surface area (Å²) in [5, 5.41) is 2.94. The molecule has 0 saturated heterocycles. The minimum Gasteiger partial charge on any atom is -0.342 e. The zero-order valence-corrected chi connectivity index (χ0v) is 21.8. The molecule has 1 unspecified atom stereocenters. The van der Waals surface area contributed by atoms with Gasteiger partial charge in [-0.1, -0.05) is 36.4 Å². The van der Waals surface area contributed by atoms with Crippen molar-refractivity contribution in [2.45, 2.75) is 46.0 Å². The molecule has 2 amide bonds. The Morgan fingerprint density at radius 2 is 1.66 bits per heavy atom. The van der Waals surface area contributed by atoms with Gasteiger partial charge in [0.15, 0.2) is 0 Å². The van der Waals surface area contributed by atoms with Gasteiger partial charge in [-0.25, -0.2) is 0 Å². The predicted octanol–water partition coefficient (Wildman–Crippen LogP) is 6.24. The van der Waals surface area contributed by atoms with Crippen molar-refractivity contribution in [2.75, 3.05) is 25.0 Å². The Bertz CT molecular complexity index is 1300. The third kappa shape index (κ3) is 5.91. The van der Waals surface area contributed by atoms with E-state index in [1.54, 1.807) is 24.3 Å². The number of benzene rings is 3. The highest BCUT2D eigenvalue weighted by molar-refractivity contribution is 6.08. The van der Waals surface area contributed by atoms with Crippen molar-refractivity contribution < 1.29 is 22.8 Å². The van der Waals surface area contributed by atoms with Crippen LogP contribution >= 0.6 is 0 Å². The first-order chi connectivity index (χ1) is 18.1. The summed E-state index contributed by atoms with van der Waals surface area (Å²) in [6, 6.07) is 17.2. The van der Waals surface area contributed by atoms with E-state index in [4.69, 9.17) is 0 Å². The number of likely N-dealkylation sites (N-methyl/N-ethyl adjacent to an activating group) is 1. The van der Waals surface area contributed by atoms with Crippen LogP contribution in [0.1, 0.15) is 47.8 Å². The molecule has 8 heteroatoms. The number of carbonyl (C=O) groups excluding carboxylic acids is 2. The molecule has 3 aromatic carbocycles. The van der Waals surface area contributed by atoms with Crippen LogP contribution in [-0.2, 0) is 23.9 Å². The zero-order chi connectivity index (χ0) is 27.4. The molecule has 38 heavy (non-hydrogen) atoms. The molecular formula is C30H32F3N3O2. The van der Waals surface area contributed by atoms with E-state index in [0.29, 0.717) is 42.0 Å². The van der Waals surface area contributed by atoms with Crippen LogP contribution in [-0.4, -0.2) is 47.3 Å². The summed E-state index contributed by atoms with van der Waals surface area (Å²) in [4.78, 5) is 30.0. The minimum absolute atomic E-state index is 0.133. The monoisotopic (exact) mass is 523 g/mol. The lowest BCUT2D eigenvalue weighted by atomic mass is 9.96. The van der Waals surface area contributed by atoms with Crippen molar-refractivity contribution in [3.63, 3.8) is 0 Å². The first-order valence-electron chi connectivity index (χ1n) is 12.8. The topological polar surface area (TPSA) is 52.7 Å². The average Bonchev–Trinajstić information content (AvgIpc) is 2.92. The second-order valence-electron chi connectivity index (χ2n) is 9.47. The molecule has 1 N–H and O–H groups in total. The molecule has 5 nitrogen and oxygen atoms in total. The summed E-state index contributed by atoms with van der Waals surface area (Å²) in [5.74, 6) is -0.203. The van der Waals surface area contributed by atoms with Gasteiger partial charge in [0, 0.05) is 37.4 Å². The van der Waals surface area contributed by atoms with E-state index in [9.17, 15) is 22.8 Å². The van der Waals surface area contributed by atoms with Gasteiger partial charge in [-0.05, 0) is 79.8 Å². The average molecular weight is 524 g/mol. The highest BCUT2D eigenvalue weighted by Crippen LogP contribution is 2.32. The summed E-state index contributed by atoms with van der Waals surface area (Å²) < 4.78 is 38.9. The second-order valence-corrected chi connectivity index (χ2v) is 9.47. The van der Waals surface area contributed by atoms with Crippen molar-refractivity contribution in [2.24, 2.45) is 0 Å². The SMILES string of the molecule is CCN(CC)C(=O)C(C)N1CCc2cc(NC(=O)c3ccccc3-c3ccc(C(F)(F)F)cc3)ccc2C1. The zero-order valence-electron chi connectivity index (χ0n) is 21.8. The quantitative estimate of drug-likeness (QED) is 0.399. The second kappa shape index (κ2) is 11.4. The lowest BCUT2D eigenvalue weighted by molar-refractivity contribution is -0.138. The van der Waals surface area contributed by atoms with E-state index >= 15 is 0 Å². The molecule has 4 rings (SSSR count). The van der Waals surface area contributed by atoms with Crippen LogP contribution in [0, 0.1) is 0 Å². The summed E-state index contributed by atoms with van der Waals surface area (Å²) >= 11 is 0. The number of alkyl halides is 3. The fourth-order valence-corrected chi connectivity index (χ4v) is 4.91. The van der Waals surface area contributed by atoms with Crippen LogP contribution < -0.4 is 5.32 Å². The van der Waals surface area contributed by atoms with Crippen LogP contribution in [0.2, 0.25) is 0 Å². The van der Waals surface area contributed by atoms with Gasteiger partial charge in [0.25, 0.3) is 5.91 Å². The molecule has 0 bridgehead atoms. The fraction of sp³-hybridized carbons (Fsp3) is 0.333. The molecule has 0 saturated carbocycles. The van der Waals surface area contributed by atoms with Crippen molar-refractivity contribution in [3.8, 4) is 11.1 Å². The molecule has 1 aliphatic heterocycles. The number of anilines is 1. The number of hydrogen-bond donors (Lipinski definition) is 1. The summed E-state index contributed by atoms with van der Waals surface area (Å²) in [6.07, 6.45) is -3.66. The number of amides is 2. The number of fused-ring (bicyclic) bond motifs is 1. The summed E-state index contributed by atoms with van der Waals surface area (Å²) in [5.41, 5.74) is 3.62. The van der Waals surface area contributed by atoms with E-state index in [-0.39, 0.29) is 17.9 Å². The predicted molar refractivity (Wildman–Crippen MR) is 143 cm³/mol. The van der Waals surface area contributed by atoms with Crippen molar-refractivity contribution >= 4 is 17.5 Å². The Kier molecular flexibility index (Phi) is 8.21. The van der Waals surface area contributed by atoms with Gasteiger partial charge < -0.3 is 10.2 Å². The molecule has 0 aromatic heterocycles. The molecule has 1 atom stereocenters. The maximum atomic E-state index is 13.2. The van der Waals surface area contributed by atoms with Crippen molar-refractivity contribution in [1.29, 1.82) is 0 Å². The number of hydrogen-bond acceptors (Lipinski definition) is 3. The molecule has 3 aromatic rings. The number of nitrogens with zero attached hydrogens (tertiary/aromatic N) is 2. The lowest BCUT2D eigenvalue weighted by Gasteiger charge is -2.35. The fourth-order valence-electron chi connectivity index (χ4n) is 4.91. The number of rotatable bonds is 7. The van der Waals surface area contributed by atoms with Gasteiger partial charge >= 0.3 is 6.18 Å². The standard InChI is InChI=1S/C30H32F3N3O2/c1-4-35(5-2)29(38)20(3)36-17-16-22-18-25(15-12-23(22)19-36)34-28(37)27-9-7-6-8-26(27)21-10-13-24(14-11-21)30(31,32)33/h6-15,18,20H,4-5,16-17,19H2,1-3H3,(H,34,37). The van der Waals surface area contributed by atoms with Gasteiger partial charge in [0.1, 0.15) is 0 Å². The molecule has 200 valence electrons. The molecule has 0 aliphatic carbocycles. The Hall–Kier alpha value is -3.65. The first kappa shape index (κ1) is 27.4. The number of nitrogens with one attached hydrogen (secondary N) is 1. The third-order valence-electron chi connectivity index (χ3n) is 7.18. The van der Waals surface area contributed by atoms with Crippen LogP contribution in [0.25, 0.3) is 11.1 Å². The van der Waals surface area contributed by atoms with E-state index in [0.717, 1.165) is 36.2 Å². The van der Waals surface area contributed by atoms with Crippen LogP contribution in [0.5, 0.6) is 0 Å². The van der Waals surface area contributed by atoms with Gasteiger partial charge in [0.05, 0.1) is 11.6 Å². The summed E-state index contributed by atoms with van der Waals surface area (Å²) in [6.45, 7) is 8.71. The number of halogens is 3. The highest BCUT2D eigenvalue weighted by Gasteiger charge is 2.30. The Labute approximate surface area is 221 Å². The third-order valence-corrected chi connectivity index (χ3v) is 7.18. The van der Waals surface area contributed by atoms with Gasteiger partial charge in [-0.3, -0.25) is 14.5 Å². The Morgan fingerprint density at radius 3 is 2.32 bits per heavy atom. The molecule has 1 aliphatic rings. The van der Waals surface area contributed by atoms with E-state index in [1.807, 2.05) is 43.9 Å². The van der Waals surface area contributed by atoms with Crippen LogP contribution in [0.3, 0.4) is 0 Å².